The molecule has 2 heterocycles. The van der Waals surface area contributed by atoms with E-state index in [1.807, 2.05) is 24.3 Å². The molecular weight excluding hydrogens is 354 g/mol. The molecule has 28 heavy (non-hydrogen) atoms. The van der Waals surface area contributed by atoms with Gasteiger partial charge in [-0.05, 0) is 56.5 Å². The number of fused-ring (bicyclic) bond motifs is 1. The van der Waals surface area contributed by atoms with Crippen LogP contribution in [0.25, 0.3) is 6.08 Å². The summed E-state index contributed by atoms with van der Waals surface area (Å²) < 4.78 is 8.12. The van der Waals surface area contributed by atoms with Crippen molar-refractivity contribution in [3.8, 4) is 5.75 Å². The maximum absolute atomic E-state index is 13.0. The minimum Gasteiger partial charge on any atom is -0.477 e. The average molecular weight is 379 g/mol. The zero-order chi connectivity index (χ0) is 19.8. The fourth-order valence-electron chi connectivity index (χ4n) is 3.86. The molecule has 0 saturated heterocycles. The van der Waals surface area contributed by atoms with Crippen LogP contribution in [0.5, 0.6) is 5.75 Å². The van der Waals surface area contributed by atoms with E-state index in [1.165, 1.54) is 24.2 Å². The van der Waals surface area contributed by atoms with Crippen LogP contribution in [0.3, 0.4) is 0 Å². The molecule has 1 fully saturated rings. The number of aryl methyl sites for hydroxylation is 1. The van der Waals surface area contributed by atoms with E-state index in [-0.39, 0.29) is 18.4 Å². The molecule has 1 saturated carbocycles. The van der Waals surface area contributed by atoms with Crippen molar-refractivity contribution in [3.05, 3.63) is 53.4 Å². The topological polar surface area (TPSA) is 63.6 Å². The van der Waals surface area contributed by atoms with Gasteiger partial charge in [0.25, 0.3) is 11.8 Å². The molecule has 6 nitrogen and oxygen atoms in total. The van der Waals surface area contributed by atoms with Crippen LogP contribution in [-0.4, -0.2) is 36.1 Å². The molecule has 6 heteroatoms. The van der Waals surface area contributed by atoms with Crippen LogP contribution in [0.2, 0.25) is 0 Å². The van der Waals surface area contributed by atoms with Crippen molar-refractivity contribution in [2.45, 2.75) is 38.8 Å². The molecule has 0 spiro atoms. The molecule has 146 valence electrons. The standard InChI is InChI=1S/C22H25N3O3/c1-14-12-16(15(2)25(14)17-9-10-17)8-11-21(26)24-13-20(22(27)23-3)28-19-7-5-4-6-18(19)24/h4-8,11-12,17,20H,9-10,13H2,1-3H3,(H,23,27)/b11-8+/t20-/m1/s1. The molecule has 2 amide bonds. The van der Waals surface area contributed by atoms with Gasteiger partial charge in [-0.3, -0.25) is 9.59 Å². The highest BCUT2D eigenvalue weighted by atomic mass is 16.5. The number of aromatic nitrogens is 1. The number of rotatable bonds is 4. The van der Waals surface area contributed by atoms with Crippen LogP contribution in [0.1, 0.15) is 35.8 Å². The number of hydrogen-bond donors (Lipinski definition) is 1. The molecule has 1 N–H and O–H groups in total. The van der Waals surface area contributed by atoms with Crippen molar-refractivity contribution in [2.75, 3.05) is 18.5 Å². The van der Waals surface area contributed by atoms with Gasteiger partial charge in [-0.2, -0.15) is 0 Å². The van der Waals surface area contributed by atoms with Gasteiger partial charge in [-0.1, -0.05) is 12.1 Å². The summed E-state index contributed by atoms with van der Waals surface area (Å²) >= 11 is 0. The van der Waals surface area contributed by atoms with Crippen molar-refractivity contribution in [2.24, 2.45) is 0 Å². The zero-order valence-electron chi connectivity index (χ0n) is 16.4. The first-order valence-electron chi connectivity index (χ1n) is 9.65. The van der Waals surface area contributed by atoms with E-state index in [0.29, 0.717) is 17.5 Å². The Bertz CT molecular complexity index is 956. The SMILES string of the molecule is CNC(=O)[C@H]1CN(C(=O)/C=C/c2cc(C)n(C3CC3)c2C)c2ccccc2O1. The van der Waals surface area contributed by atoms with Gasteiger partial charge in [-0.25, -0.2) is 0 Å². The maximum Gasteiger partial charge on any atom is 0.262 e. The average Bonchev–Trinajstić information content (AvgIpc) is 3.49. The van der Waals surface area contributed by atoms with E-state index >= 15 is 0 Å². The molecule has 2 aliphatic rings. The molecule has 1 aromatic heterocycles. The summed E-state index contributed by atoms with van der Waals surface area (Å²) in [6.45, 7) is 4.39. The number of benzene rings is 1. The molecule has 0 bridgehead atoms. The highest BCUT2D eigenvalue weighted by Crippen LogP contribution is 2.38. The fraction of sp³-hybridized carbons (Fsp3) is 0.364. The largest absolute Gasteiger partial charge is 0.477 e. The summed E-state index contributed by atoms with van der Waals surface area (Å²) in [5.41, 5.74) is 4.15. The smallest absolute Gasteiger partial charge is 0.262 e. The van der Waals surface area contributed by atoms with Gasteiger partial charge in [0.05, 0.1) is 12.2 Å². The van der Waals surface area contributed by atoms with E-state index < -0.39 is 6.10 Å². The first-order chi connectivity index (χ1) is 13.5. The van der Waals surface area contributed by atoms with Crippen molar-refractivity contribution in [1.29, 1.82) is 0 Å². The summed E-state index contributed by atoms with van der Waals surface area (Å²) in [4.78, 5) is 26.7. The molecule has 1 aliphatic heterocycles. The van der Waals surface area contributed by atoms with Crippen molar-refractivity contribution >= 4 is 23.6 Å². The van der Waals surface area contributed by atoms with Gasteiger partial charge in [-0.15, -0.1) is 0 Å². The summed E-state index contributed by atoms with van der Waals surface area (Å²) in [7, 11) is 1.56. The Balaban J connectivity index is 1.59. The number of likely N-dealkylation sites (N-methyl/N-ethyl adjacent to an activating group) is 1. The number of nitrogens with zero attached hydrogens (tertiary/aromatic N) is 2. The zero-order valence-corrected chi connectivity index (χ0v) is 16.4. The molecule has 1 atom stereocenters. The Hall–Kier alpha value is -3.02. The van der Waals surface area contributed by atoms with E-state index in [0.717, 1.165) is 5.56 Å². The third kappa shape index (κ3) is 3.30. The van der Waals surface area contributed by atoms with Gasteiger partial charge < -0.3 is 19.5 Å². The van der Waals surface area contributed by atoms with Crippen LogP contribution < -0.4 is 15.0 Å². The van der Waals surface area contributed by atoms with Crippen molar-refractivity contribution in [3.63, 3.8) is 0 Å². The normalized spacial score (nSPS) is 18.7. The summed E-state index contributed by atoms with van der Waals surface area (Å²) in [6, 6.07) is 10.0. The number of hydrogen-bond acceptors (Lipinski definition) is 3. The molecular formula is C22H25N3O3. The minimum atomic E-state index is -0.725. The third-order valence-electron chi connectivity index (χ3n) is 5.42. The van der Waals surface area contributed by atoms with Gasteiger partial charge in [0, 0.05) is 30.6 Å². The highest BCUT2D eigenvalue weighted by Gasteiger charge is 2.32. The summed E-state index contributed by atoms with van der Waals surface area (Å²) in [5.74, 6) is 0.126. The monoisotopic (exact) mass is 379 g/mol. The second-order valence-electron chi connectivity index (χ2n) is 7.40. The first-order valence-corrected chi connectivity index (χ1v) is 9.65. The van der Waals surface area contributed by atoms with Gasteiger partial charge in [0.2, 0.25) is 0 Å². The quantitative estimate of drug-likeness (QED) is 0.831. The lowest BCUT2D eigenvalue weighted by Gasteiger charge is -2.33. The number of anilines is 1. The van der Waals surface area contributed by atoms with E-state index in [2.05, 4.69) is 29.8 Å². The first kappa shape index (κ1) is 18.3. The Morgan fingerprint density at radius 3 is 2.68 bits per heavy atom. The van der Waals surface area contributed by atoms with Gasteiger partial charge >= 0.3 is 0 Å². The van der Waals surface area contributed by atoms with Crippen LogP contribution in [-0.2, 0) is 9.59 Å². The number of amides is 2. The lowest BCUT2D eigenvalue weighted by Crippen LogP contribution is -2.49. The molecule has 4 rings (SSSR count). The second-order valence-corrected chi connectivity index (χ2v) is 7.40. The Morgan fingerprint density at radius 2 is 1.96 bits per heavy atom. The third-order valence-corrected chi connectivity index (χ3v) is 5.42. The summed E-state index contributed by atoms with van der Waals surface area (Å²) in [6.07, 6.45) is 5.18. The van der Waals surface area contributed by atoms with Crippen LogP contribution >= 0.6 is 0 Å². The molecule has 0 unspecified atom stereocenters. The molecule has 1 aromatic carbocycles. The predicted octanol–water partition coefficient (Wildman–Crippen LogP) is 2.99. The summed E-state index contributed by atoms with van der Waals surface area (Å²) in [5, 5.41) is 2.59. The predicted molar refractivity (Wildman–Crippen MR) is 108 cm³/mol. The number of carbonyl (C=O) groups is 2. The highest BCUT2D eigenvalue weighted by molar-refractivity contribution is 6.05. The number of ether oxygens (including phenoxy) is 1. The van der Waals surface area contributed by atoms with Gasteiger partial charge in [0.15, 0.2) is 6.10 Å². The number of carbonyl (C=O) groups excluding carboxylic acids is 2. The lowest BCUT2D eigenvalue weighted by atomic mass is 10.1. The molecule has 0 radical (unpaired) electrons. The van der Waals surface area contributed by atoms with E-state index in [9.17, 15) is 9.59 Å². The maximum atomic E-state index is 13.0. The van der Waals surface area contributed by atoms with Crippen LogP contribution in [0, 0.1) is 13.8 Å². The Morgan fingerprint density at radius 1 is 1.21 bits per heavy atom. The van der Waals surface area contributed by atoms with Gasteiger partial charge in [0.1, 0.15) is 5.75 Å². The van der Waals surface area contributed by atoms with Crippen molar-refractivity contribution in [1.82, 2.24) is 9.88 Å². The lowest BCUT2D eigenvalue weighted by molar-refractivity contribution is -0.127. The van der Waals surface area contributed by atoms with Crippen molar-refractivity contribution < 1.29 is 14.3 Å². The fourth-order valence-corrected chi connectivity index (χ4v) is 3.86. The van der Waals surface area contributed by atoms with Crippen LogP contribution in [0.4, 0.5) is 5.69 Å². The number of para-hydroxylation sites is 2. The minimum absolute atomic E-state index is 0.166. The van der Waals surface area contributed by atoms with E-state index in [4.69, 9.17) is 4.74 Å². The number of nitrogens with one attached hydrogen (secondary N) is 1. The molecule has 2 aromatic rings. The Kier molecular flexibility index (Phi) is 4.71. The van der Waals surface area contributed by atoms with E-state index in [1.54, 1.807) is 24.1 Å². The Labute approximate surface area is 164 Å². The second kappa shape index (κ2) is 7.19. The van der Waals surface area contributed by atoms with Crippen LogP contribution in [0.15, 0.2) is 36.4 Å². The molecule has 1 aliphatic carbocycles.